The third kappa shape index (κ3) is 1.87. The molecule has 0 aromatic carbocycles. The van der Waals surface area contributed by atoms with Crippen LogP contribution in [0.5, 0.6) is 0 Å². The van der Waals surface area contributed by atoms with E-state index in [1.54, 1.807) is 12.1 Å². The van der Waals surface area contributed by atoms with E-state index in [0.29, 0.717) is 5.69 Å². The molecular weight excluding hydrogens is 164 g/mol. The average molecular weight is 176 g/mol. The molecule has 1 amide bonds. The van der Waals surface area contributed by atoms with Crippen LogP contribution in [0.1, 0.15) is 28.7 Å². The van der Waals surface area contributed by atoms with Crippen LogP contribution in [-0.4, -0.2) is 10.9 Å². The van der Waals surface area contributed by atoms with Gasteiger partial charge in [0.2, 0.25) is 0 Å². The molecule has 0 saturated heterocycles. The molecule has 0 radical (unpaired) electrons. The molecule has 0 bridgehead atoms. The maximum Gasteiger partial charge on any atom is 0.265 e. The largest absolute Gasteiger partial charge is 0.364 e. The molecule has 0 fully saturated rings. The van der Waals surface area contributed by atoms with Crippen molar-refractivity contribution in [3.8, 4) is 0 Å². The molecule has 0 saturated carbocycles. The smallest absolute Gasteiger partial charge is 0.265 e. The lowest BCUT2D eigenvalue weighted by atomic mass is 10.2. The molecule has 0 unspecified atom stereocenters. The topological polar surface area (TPSA) is 58.9 Å². The highest BCUT2D eigenvalue weighted by Gasteiger charge is 2.06. The van der Waals surface area contributed by atoms with Crippen LogP contribution in [0.4, 0.5) is 0 Å². The van der Waals surface area contributed by atoms with Gasteiger partial charge in [0.25, 0.3) is 5.91 Å². The minimum Gasteiger partial charge on any atom is -0.364 e. The molecule has 1 rings (SSSR count). The summed E-state index contributed by atoms with van der Waals surface area (Å²) in [6.45, 7) is 5.54. The van der Waals surface area contributed by atoms with Crippen LogP contribution >= 0.6 is 0 Å². The van der Waals surface area contributed by atoms with Gasteiger partial charge in [0.15, 0.2) is 0 Å². The summed E-state index contributed by atoms with van der Waals surface area (Å²) in [4.78, 5) is 13.7. The number of H-pyrrole nitrogens is 1. The molecule has 0 atom stereocenters. The first-order valence-electron chi connectivity index (χ1n) is 3.97. The zero-order valence-corrected chi connectivity index (χ0v) is 7.50. The molecule has 3 nitrogen and oxygen atoms in total. The first-order valence-corrected chi connectivity index (χ1v) is 3.97. The number of nitrogens with one attached hydrogen (secondary N) is 1. The van der Waals surface area contributed by atoms with Crippen molar-refractivity contribution in [2.45, 2.75) is 6.92 Å². The molecular formula is C10H12N2O. The van der Waals surface area contributed by atoms with Crippen molar-refractivity contribution in [3.05, 3.63) is 35.7 Å². The lowest BCUT2D eigenvalue weighted by molar-refractivity contribution is 0.0996. The third-order valence-corrected chi connectivity index (χ3v) is 1.70. The molecule has 1 aromatic rings. The van der Waals surface area contributed by atoms with Gasteiger partial charge in [-0.25, -0.2) is 0 Å². The van der Waals surface area contributed by atoms with Crippen LogP contribution in [0.3, 0.4) is 0 Å². The van der Waals surface area contributed by atoms with Gasteiger partial charge in [0.1, 0.15) is 5.69 Å². The van der Waals surface area contributed by atoms with E-state index in [1.807, 2.05) is 19.1 Å². The minimum atomic E-state index is -0.459. The summed E-state index contributed by atoms with van der Waals surface area (Å²) < 4.78 is 0. The number of amides is 1. The van der Waals surface area contributed by atoms with E-state index in [4.69, 9.17) is 5.73 Å². The maximum absolute atomic E-state index is 10.8. The number of carbonyl (C=O) groups excluding carboxylic acids is 1. The summed E-state index contributed by atoms with van der Waals surface area (Å²) in [6, 6.07) is 1.71. The van der Waals surface area contributed by atoms with E-state index in [1.165, 1.54) is 0 Å². The van der Waals surface area contributed by atoms with Gasteiger partial charge in [-0.3, -0.25) is 4.79 Å². The Bertz CT molecular complexity index is 361. The van der Waals surface area contributed by atoms with Crippen molar-refractivity contribution in [1.82, 2.24) is 4.98 Å². The first kappa shape index (κ1) is 9.32. The number of hydrogen-bond acceptors (Lipinski definition) is 1. The Hall–Kier alpha value is -1.77. The second-order valence-electron chi connectivity index (χ2n) is 2.62. The number of carbonyl (C=O) groups is 1. The van der Waals surface area contributed by atoms with Crippen LogP contribution in [0.15, 0.2) is 18.7 Å². The normalized spacial score (nSPS) is 10.5. The number of rotatable bonds is 3. The fourth-order valence-corrected chi connectivity index (χ4v) is 1.11. The Morgan fingerprint density at radius 1 is 1.69 bits per heavy atom. The Kier molecular flexibility index (Phi) is 2.69. The molecule has 0 spiro atoms. The summed E-state index contributed by atoms with van der Waals surface area (Å²) in [5, 5.41) is 0. The number of nitrogens with two attached hydrogens (primary N) is 1. The fourth-order valence-electron chi connectivity index (χ4n) is 1.11. The Morgan fingerprint density at radius 3 is 2.85 bits per heavy atom. The van der Waals surface area contributed by atoms with Crippen molar-refractivity contribution < 1.29 is 4.79 Å². The predicted molar refractivity (Wildman–Crippen MR) is 54.1 cm³/mol. The van der Waals surface area contributed by atoms with Crippen LogP contribution in [0, 0.1) is 0 Å². The summed E-state index contributed by atoms with van der Waals surface area (Å²) in [7, 11) is 0. The average Bonchev–Trinajstić information content (AvgIpc) is 2.48. The Balaban J connectivity index is 3.18. The van der Waals surface area contributed by atoms with Gasteiger partial charge in [-0.2, -0.15) is 0 Å². The maximum atomic E-state index is 10.8. The van der Waals surface area contributed by atoms with Gasteiger partial charge in [-0.15, -0.1) is 0 Å². The second-order valence-corrected chi connectivity index (χ2v) is 2.62. The quantitative estimate of drug-likeness (QED) is 0.724. The first-order chi connectivity index (χ1) is 6.19. The van der Waals surface area contributed by atoms with Crippen molar-refractivity contribution in [2.75, 3.05) is 0 Å². The number of aromatic nitrogens is 1. The lowest BCUT2D eigenvalue weighted by Gasteiger charge is -1.88. The molecule has 1 aromatic heterocycles. The molecule has 0 aliphatic heterocycles. The van der Waals surface area contributed by atoms with Crippen LogP contribution in [-0.2, 0) is 0 Å². The van der Waals surface area contributed by atoms with Crippen LogP contribution < -0.4 is 5.73 Å². The molecule has 68 valence electrons. The SMILES string of the molecule is C=Cc1[nH]c(C(N)=O)cc1/C=C\C. The Morgan fingerprint density at radius 2 is 2.38 bits per heavy atom. The Labute approximate surface area is 77.0 Å². The van der Waals surface area contributed by atoms with E-state index in [-0.39, 0.29) is 0 Å². The number of primary amides is 1. The summed E-state index contributed by atoms with van der Waals surface area (Å²) >= 11 is 0. The van der Waals surface area contributed by atoms with Crippen molar-refractivity contribution in [2.24, 2.45) is 5.73 Å². The summed E-state index contributed by atoms with van der Waals surface area (Å²) in [5.74, 6) is -0.459. The van der Waals surface area contributed by atoms with Gasteiger partial charge in [0, 0.05) is 5.69 Å². The van der Waals surface area contributed by atoms with E-state index < -0.39 is 5.91 Å². The van der Waals surface area contributed by atoms with Gasteiger partial charge in [-0.1, -0.05) is 18.7 Å². The monoisotopic (exact) mass is 176 g/mol. The molecule has 13 heavy (non-hydrogen) atoms. The highest BCUT2D eigenvalue weighted by Crippen LogP contribution is 2.13. The number of aromatic amines is 1. The van der Waals surface area contributed by atoms with E-state index in [2.05, 4.69) is 11.6 Å². The van der Waals surface area contributed by atoms with Crippen LogP contribution in [0.25, 0.3) is 12.2 Å². The lowest BCUT2D eigenvalue weighted by Crippen LogP contribution is -2.10. The third-order valence-electron chi connectivity index (χ3n) is 1.70. The fraction of sp³-hybridized carbons (Fsp3) is 0.100. The molecule has 1 heterocycles. The summed E-state index contributed by atoms with van der Waals surface area (Å²) in [6.07, 6.45) is 5.43. The number of hydrogen-bond donors (Lipinski definition) is 2. The minimum absolute atomic E-state index is 0.406. The highest BCUT2D eigenvalue weighted by molar-refractivity contribution is 5.92. The van der Waals surface area contributed by atoms with Gasteiger partial charge >= 0.3 is 0 Å². The van der Waals surface area contributed by atoms with E-state index >= 15 is 0 Å². The zero-order valence-electron chi connectivity index (χ0n) is 7.50. The molecule has 3 heteroatoms. The van der Waals surface area contributed by atoms with Crippen molar-refractivity contribution in [1.29, 1.82) is 0 Å². The zero-order chi connectivity index (χ0) is 9.84. The van der Waals surface area contributed by atoms with E-state index in [0.717, 1.165) is 11.3 Å². The van der Waals surface area contributed by atoms with Crippen molar-refractivity contribution in [3.63, 3.8) is 0 Å². The molecule has 0 aliphatic carbocycles. The molecule has 3 N–H and O–H groups in total. The van der Waals surface area contributed by atoms with Gasteiger partial charge < -0.3 is 10.7 Å². The van der Waals surface area contributed by atoms with Gasteiger partial charge in [-0.05, 0) is 24.6 Å². The number of allylic oxidation sites excluding steroid dienone is 1. The summed E-state index contributed by atoms with van der Waals surface area (Å²) in [5.41, 5.74) is 7.26. The van der Waals surface area contributed by atoms with Crippen molar-refractivity contribution >= 4 is 18.1 Å². The predicted octanol–water partition coefficient (Wildman–Crippen LogP) is 1.79. The standard InChI is InChI=1S/C10H12N2O/c1-3-5-7-6-9(10(11)13)12-8(7)4-2/h3-6,12H,2H2,1H3,(H2,11,13)/b5-3-. The molecule has 0 aliphatic rings. The van der Waals surface area contributed by atoms with E-state index in [9.17, 15) is 4.79 Å². The van der Waals surface area contributed by atoms with Crippen LogP contribution in [0.2, 0.25) is 0 Å². The van der Waals surface area contributed by atoms with Gasteiger partial charge in [0.05, 0.1) is 0 Å². The highest BCUT2D eigenvalue weighted by atomic mass is 16.1. The second kappa shape index (κ2) is 3.76.